The van der Waals surface area contributed by atoms with E-state index in [0.717, 1.165) is 0 Å². The second-order valence-electron chi connectivity index (χ2n) is 2.66. The van der Waals surface area contributed by atoms with E-state index in [1.165, 1.54) is 0 Å². The SMILES string of the molecule is Cc1cccc(C#CCCl)c1[N+](=O)[O-]. The number of hydrogen-bond donors (Lipinski definition) is 0. The molecule has 0 unspecified atom stereocenters. The standard InChI is InChI=1S/C10H8ClNO2/c1-8-4-2-5-9(6-3-7-11)10(8)12(13)14/h2,4-5H,7H2,1H3. The first-order valence-corrected chi connectivity index (χ1v) is 4.49. The summed E-state index contributed by atoms with van der Waals surface area (Å²) < 4.78 is 0. The first-order chi connectivity index (χ1) is 6.66. The van der Waals surface area contributed by atoms with Gasteiger partial charge in [-0.25, -0.2) is 0 Å². The predicted octanol–water partition coefficient (Wildman–Crippen LogP) is 2.49. The summed E-state index contributed by atoms with van der Waals surface area (Å²) in [6.45, 7) is 1.68. The zero-order chi connectivity index (χ0) is 10.6. The van der Waals surface area contributed by atoms with Crippen LogP contribution in [-0.2, 0) is 0 Å². The van der Waals surface area contributed by atoms with Crippen molar-refractivity contribution in [2.45, 2.75) is 6.92 Å². The van der Waals surface area contributed by atoms with Gasteiger partial charge >= 0.3 is 0 Å². The fourth-order valence-electron chi connectivity index (χ4n) is 1.13. The normalized spacial score (nSPS) is 9.00. The summed E-state index contributed by atoms with van der Waals surface area (Å²) in [5, 5.41) is 10.7. The van der Waals surface area contributed by atoms with Crippen LogP contribution in [0.25, 0.3) is 0 Å². The molecule has 72 valence electrons. The third-order valence-corrected chi connectivity index (χ3v) is 1.84. The van der Waals surface area contributed by atoms with E-state index in [1.807, 2.05) is 0 Å². The van der Waals surface area contributed by atoms with Gasteiger partial charge in [0.1, 0.15) is 5.56 Å². The number of nitro groups is 1. The third kappa shape index (κ3) is 2.24. The molecule has 0 spiro atoms. The molecule has 0 aromatic heterocycles. The van der Waals surface area contributed by atoms with E-state index in [2.05, 4.69) is 11.8 Å². The number of rotatable bonds is 1. The van der Waals surface area contributed by atoms with Gasteiger partial charge in [0.2, 0.25) is 0 Å². The van der Waals surface area contributed by atoms with Crippen LogP contribution in [0.1, 0.15) is 11.1 Å². The quantitative estimate of drug-likeness (QED) is 0.309. The van der Waals surface area contributed by atoms with Crippen LogP contribution in [0.4, 0.5) is 5.69 Å². The molecule has 14 heavy (non-hydrogen) atoms. The highest BCUT2D eigenvalue weighted by Crippen LogP contribution is 2.21. The molecule has 1 rings (SSSR count). The lowest BCUT2D eigenvalue weighted by Gasteiger charge is -1.98. The molecule has 0 saturated heterocycles. The molecule has 0 radical (unpaired) electrons. The highest BCUT2D eigenvalue weighted by atomic mass is 35.5. The summed E-state index contributed by atoms with van der Waals surface area (Å²) in [6, 6.07) is 5.04. The van der Waals surface area contributed by atoms with Crippen LogP contribution in [0.5, 0.6) is 0 Å². The number of benzene rings is 1. The molecule has 0 aliphatic carbocycles. The van der Waals surface area contributed by atoms with Crippen molar-refractivity contribution < 1.29 is 4.92 Å². The molecule has 0 N–H and O–H groups in total. The Morgan fingerprint density at radius 2 is 2.29 bits per heavy atom. The van der Waals surface area contributed by atoms with Gasteiger partial charge in [-0.1, -0.05) is 24.0 Å². The Labute approximate surface area is 86.8 Å². The predicted molar refractivity (Wildman–Crippen MR) is 55.4 cm³/mol. The molecule has 0 saturated carbocycles. The van der Waals surface area contributed by atoms with Gasteiger partial charge in [-0.3, -0.25) is 10.1 Å². The van der Waals surface area contributed by atoms with E-state index in [0.29, 0.717) is 11.1 Å². The van der Waals surface area contributed by atoms with Crippen LogP contribution < -0.4 is 0 Å². The van der Waals surface area contributed by atoms with E-state index in [-0.39, 0.29) is 11.6 Å². The molecule has 1 aromatic rings. The lowest BCUT2D eigenvalue weighted by Crippen LogP contribution is -1.95. The Balaban J connectivity index is 3.28. The van der Waals surface area contributed by atoms with Gasteiger partial charge < -0.3 is 0 Å². The Morgan fingerprint density at radius 1 is 1.57 bits per heavy atom. The van der Waals surface area contributed by atoms with Gasteiger partial charge in [-0.05, 0) is 13.0 Å². The van der Waals surface area contributed by atoms with Crippen LogP contribution in [0.15, 0.2) is 18.2 Å². The minimum absolute atomic E-state index is 0.0603. The van der Waals surface area contributed by atoms with Crippen molar-refractivity contribution in [2.75, 3.05) is 5.88 Å². The van der Waals surface area contributed by atoms with E-state index < -0.39 is 4.92 Å². The van der Waals surface area contributed by atoms with Gasteiger partial charge in [-0.15, -0.1) is 11.6 Å². The van der Waals surface area contributed by atoms with E-state index in [1.54, 1.807) is 25.1 Å². The number of alkyl halides is 1. The molecular weight excluding hydrogens is 202 g/mol. The highest BCUT2D eigenvalue weighted by Gasteiger charge is 2.14. The van der Waals surface area contributed by atoms with Crippen LogP contribution in [0.3, 0.4) is 0 Å². The maximum Gasteiger partial charge on any atom is 0.287 e. The van der Waals surface area contributed by atoms with E-state index >= 15 is 0 Å². The lowest BCUT2D eigenvalue weighted by atomic mass is 10.1. The molecule has 0 fully saturated rings. The minimum Gasteiger partial charge on any atom is -0.258 e. The van der Waals surface area contributed by atoms with Crippen LogP contribution >= 0.6 is 11.6 Å². The molecule has 0 atom stereocenters. The van der Waals surface area contributed by atoms with Crippen LogP contribution in [-0.4, -0.2) is 10.8 Å². The second-order valence-corrected chi connectivity index (χ2v) is 2.93. The van der Waals surface area contributed by atoms with Crippen molar-refractivity contribution >= 4 is 17.3 Å². The first-order valence-electron chi connectivity index (χ1n) is 3.95. The van der Waals surface area contributed by atoms with Gasteiger partial charge in [0.25, 0.3) is 5.69 Å². The molecule has 4 heteroatoms. The van der Waals surface area contributed by atoms with Crippen LogP contribution in [0.2, 0.25) is 0 Å². The van der Waals surface area contributed by atoms with Crippen molar-refractivity contribution in [1.82, 2.24) is 0 Å². The summed E-state index contributed by atoms with van der Waals surface area (Å²) in [5.41, 5.74) is 1.08. The van der Waals surface area contributed by atoms with Gasteiger partial charge in [0.05, 0.1) is 10.8 Å². The van der Waals surface area contributed by atoms with E-state index in [9.17, 15) is 10.1 Å². The fourth-order valence-corrected chi connectivity index (χ4v) is 1.20. The highest BCUT2D eigenvalue weighted by molar-refractivity contribution is 6.19. The molecule has 0 bridgehead atoms. The molecular formula is C10H8ClNO2. The Bertz CT molecular complexity index is 418. The minimum atomic E-state index is -0.423. The molecule has 0 aliphatic rings. The van der Waals surface area contributed by atoms with Crippen LogP contribution in [0, 0.1) is 28.9 Å². The van der Waals surface area contributed by atoms with Crippen molar-refractivity contribution in [3.8, 4) is 11.8 Å². The maximum absolute atomic E-state index is 10.7. The third-order valence-electron chi connectivity index (χ3n) is 1.71. The number of aryl methyl sites for hydroxylation is 1. The van der Waals surface area contributed by atoms with Gasteiger partial charge in [0, 0.05) is 5.56 Å². The molecule has 1 aromatic carbocycles. The first kappa shape index (κ1) is 10.6. The summed E-state index contributed by atoms with van der Waals surface area (Å²) in [4.78, 5) is 10.3. The molecule has 0 heterocycles. The van der Waals surface area contributed by atoms with E-state index in [4.69, 9.17) is 11.6 Å². The smallest absolute Gasteiger partial charge is 0.258 e. The average molecular weight is 210 g/mol. The monoisotopic (exact) mass is 209 g/mol. The summed E-state index contributed by atoms with van der Waals surface area (Å²) >= 11 is 5.38. The molecule has 0 amide bonds. The zero-order valence-electron chi connectivity index (χ0n) is 7.58. The summed E-state index contributed by atoms with van der Waals surface area (Å²) in [7, 11) is 0. The van der Waals surface area contributed by atoms with Crippen molar-refractivity contribution in [3.05, 3.63) is 39.4 Å². The van der Waals surface area contributed by atoms with Gasteiger partial charge in [-0.2, -0.15) is 0 Å². The topological polar surface area (TPSA) is 43.1 Å². The number of halogens is 1. The number of nitrogens with zero attached hydrogens (tertiary/aromatic N) is 1. The number of para-hydroxylation sites is 1. The lowest BCUT2D eigenvalue weighted by molar-refractivity contribution is -0.385. The molecule has 3 nitrogen and oxygen atoms in total. The average Bonchev–Trinajstić information content (AvgIpc) is 2.14. The Morgan fingerprint density at radius 3 is 2.86 bits per heavy atom. The summed E-state index contributed by atoms with van der Waals surface area (Å²) in [6.07, 6.45) is 0. The van der Waals surface area contributed by atoms with Crippen molar-refractivity contribution in [3.63, 3.8) is 0 Å². The Kier molecular flexibility index (Phi) is 3.49. The largest absolute Gasteiger partial charge is 0.287 e. The number of nitro benzene ring substituents is 1. The summed E-state index contributed by atoms with van der Waals surface area (Å²) in [5.74, 6) is 5.43. The van der Waals surface area contributed by atoms with Gasteiger partial charge in [0.15, 0.2) is 0 Å². The molecule has 0 aliphatic heterocycles. The van der Waals surface area contributed by atoms with Crippen molar-refractivity contribution in [2.24, 2.45) is 0 Å². The fraction of sp³-hybridized carbons (Fsp3) is 0.200. The Hall–Kier alpha value is -1.53. The number of hydrogen-bond acceptors (Lipinski definition) is 2. The van der Waals surface area contributed by atoms with Crippen molar-refractivity contribution in [1.29, 1.82) is 0 Å². The maximum atomic E-state index is 10.7. The second kappa shape index (κ2) is 4.64. The zero-order valence-corrected chi connectivity index (χ0v) is 8.34.